The molecule has 0 saturated carbocycles. The second kappa shape index (κ2) is 32.0. The van der Waals surface area contributed by atoms with Crippen LogP contribution in [0, 0.1) is 0 Å². The van der Waals surface area contributed by atoms with Gasteiger partial charge in [0.25, 0.3) is 0 Å². The van der Waals surface area contributed by atoms with Crippen molar-refractivity contribution >= 4 is 11.9 Å². The summed E-state index contributed by atoms with van der Waals surface area (Å²) in [6.45, 7) is 3.90. The molecule has 6 heteroatoms. The van der Waals surface area contributed by atoms with Gasteiger partial charge in [-0.15, -0.1) is 0 Å². The highest BCUT2D eigenvalue weighted by molar-refractivity contribution is 5.70. The standard InChI is InChI=1S/C36H64O6/c1-3-5-7-9-11-12-13-14-15-17-21-25-29-35(39)41-32-34(31-37)42-36(40)30-26-22-18-20-24-28-33(38)27-23-19-16-10-8-6-4-2/h6,8,16,19,23,27,33-34,37-38H,3-5,7,9-15,17-18,20-22,24-26,28-32H2,1-2H3/b8-6+,19-16+,27-23+/t33?,34-/m0/s1. The third-order valence-corrected chi connectivity index (χ3v) is 7.30. The van der Waals surface area contributed by atoms with Crippen LogP contribution < -0.4 is 0 Å². The van der Waals surface area contributed by atoms with Crippen LogP contribution in [0.15, 0.2) is 36.5 Å². The number of ether oxygens (including phenoxy) is 2. The molecular formula is C36H64O6. The van der Waals surface area contributed by atoms with Gasteiger partial charge in [-0.25, -0.2) is 0 Å². The first-order valence-electron chi connectivity index (χ1n) is 17.2. The zero-order chi connectivity index (χ0) is 30.9. The smallest absolute Gasteiger partial charge is 0.306 e. The molecule has 0 amide bonds. The molecule has 0 radical (unpaired) electrons. The normalized spacial score (nSPS) is 13.3. The zero-order valence-corrected chi connectivity index (χ0v) is 27.1. The topological polar surface area (TPSA) is 93.1 Å². The van der Waals surface area contributed by atoms with E-state index >= 15 is 0 Å². The summed E-state index contributed by atoms with van der Waals surface area (Å²) in [7, 11) is 0. The minimum Gasteiger partial charge on any atom is -0.462 e. The molecular weight excluding hydrogens is 528 g/mol. The highest BCUT2D eigenvalue weighted by Crippen LogP contribution is 2.13. The Morgan fingerprint density at radius 1 is 0.667 bits per heavy atom. The fourth-order valence-electron chi connectivity index (χ4n) is 4.68. The summed E-state index contributed by atoms with van der Waals surface area (Å²) < 4.78 is 10.5. The van der Waals surface area contributed by atoms with E-state index in [0.717, 1.165) is 70.6 Å². The van der Waals surface area contributed by atoms with E-state index in [1.165, 1.54) is 57.8 Å². The van der Waals surface area contributed by atoms with E-state index in [9.17, 15) is 19.8 Å². The molecule has 0 aromatic heterocycles. The first-order valence-corrected chi connectivity index (χ1v) is 17.2. The average molecular weight is 593 g/mol. The maximum Gasteiger partial charge on any atom is 0.306 e. The van der Waals surface area contributed by atoms with Gasteiger partial charge >= 0.3 is 11.9 Å². The first-order chi connectivity index (χ1) is 20.5. The molecule has 0 aromatic carbocycles. The fraction of sp³-hybridized carbons (Fsp3) is 0.778. The van der Waals surface area contributed by atoms with Gasteiger partial charge in [0, 0.05) is 12.8 Å². The van der Waals surface area contributed by atoms with E-state index in [4.69, 9.17) is 9.47 Å². The predicted octanol–water partition coefficient (Wildman–Crippen LogP) is 9.09. The average Bonchev–Trinajstić information content (AvgIpc) is 2.98. The third kappa shape index (κ3) is 29.6. The molecule has 0 bridgehead atoms. The number of esters is 2. The summed E-state index contributed by atoms with van der Waals surface area (Å²) >= 11 is 0. The Morgan fingerprint density at radius 3 is 1.79 bits per heavy atom. The zero-order valence-electron chi connectivity index (χ0n) is 27.1. The van der Waals surface area contributed by atoms with Gasteiger partial charge in [-0.3, -0.25) is 9.59 Å². The van der Waals surface area contributed by atoms with Crippen molar-refractivity contribution in [1.29, 1.82) is 0 Å². The van der Waals surface area contributed by atoms with E-state index in [1.807, 2.05) is 18.2 Å². The summed E-state index contributed by atoms with van der Waals surface area (Å²) in [6.07, 6.45) is 33.6. The summed E-state index contributed by atoms with van der Waals surface area (Å²) in [4.78, 5) is 24.1. The molecule has 0 spiro atoms. The number of unbranched alkanes of at least 4 members (excludes halogenated alkanes) is 15. The lowest BCUT2D eigenvalue weighted by atomic mass is 10.0. The van der Waals surface area contributed by atoms with Gasteiger partial charge in [-0.2, -0.15) is 0 Å². The molecule has 0 aliphatic heterocycles. The molecule has 2 atom stereocenters. The van der Waals surface area contributed by atoms with E-state index in [1.54, 1.807) is 0 Å². The van der Waals surface area contributed by atoms with Gasteiger partial charge in [0.05, 0.1) is 12.7 Å². The highest BCUT2D eigenvalue weighted by atomic mass is 16.6. The molecule has 0 heterocycles. The van der Waals surface area contributed by atoms with Gasteiger partial charge in [0.15, 0.2) is 6.10 Å². The van der Waals surface area contributed by atoms with Crippen molar-refractivity contribution in [2.24, 2.45) is 0 Å². The fourth-order valence-corrected chi connectivity index (χ4v) is 4.68. The molecule has 6 nitrogen and oxygen atoms in total. The monoisotopic (exact) mass is 592 g/mol. The second-order valence-corrected chi connectivity index (χ2v) is 11.4. The van der Waals surface area contributed by atoms with Crippen LogP contribution >= 0.6 is 0 Å². The Kier molecular flexibility index (Phi) is 30.5. The lowest BCUT2D eigenvalue weighted by Crippen LogP contribution is -2.28. The van der Waals surface area contributed by atoms with Crippen LogP contribution in [0.5, 0.6) is 0 Å². The number of rotatable bonds is 30. The van der Waals surface area contributed by atoms with Crippen LogP contribution in [0.2, 0.25) is 0 Å². The maximum atomic E-state index is 12.1. The Bertz CT molecular complexity index is 699. The van der Waals surface area contributed by atoms with Crippen LogP contribution in [0.3, 0.4) is 0 Å². The van der Waals surface area contributed by atoms with Gasteiger partial charge < -0.3 is 19.7 Å². The molecule has 2 N–H and O–H groups in total. The van der Waals surface area contributed by atoms with Crippen LogP contribution in [-0.2, 0) is 19.1 Å². The number of allylic oxidation sites excluding steroid dienone is 5. The third-order valence-electron chi connectivity index (χ3n) is 7.30. The van der Waals surface area contributed by atoms with Crippen molar-refractivity contribution in [3.8, 4) is 0 Å². The summed E-state index contributed by atoms with van der Waals surface area (Å²) in [5.74, 6) is -0.668. The van der Waals surface area contributed by atoms with Crippen LogP contribution in [0.1, 0.15) is 155 Å². The van der Waals surface area contributed by atoms with Crippen molar-refractivity contribution in [3.63, 3.8) is 0 Å². The first kappa shape index (κ1) is 40.1. The van der Waals surface area contributed by atoms with E-state index in [-0.39, 0.29) is 31.6 Å². The minimum absolute atomic E-state index is 0.0954. The van der Waals surface area contributed by atoms with Crippen molar-refractivity contribution in [1.82, 2.24) is 0 Å². The number of carbonyl (C=O) groups is 2. The van der Waals surface area contributed by atoms with Crippen molar-refractivity contribution in [2.75, 3.05) is 13.2 Å². The molecule has 0 fully saturated rings. The quantitative estimate of drug-likeness (QED) is 0.0374. The van der Waals surface area contributed by atoms with Gasteiger partial charge in [-0.1, -0.05) is 147 Å². The molecule has 0 saturated heterocycles. The van der Waals surface area contributed by atoms with Crippen LogP contribution in [0.25, 0.3) is 0 Å². The Labute approximate surface area is 258 Å². The van der Waals surface area contributed by atoms with Gasteiger partial charge in [-0.05, 0) is 32.1 Å². The highest BCUT2D eigenvalue weighted by Gasteiger charge is 2.16. The Morgan fingerprint density at radius 2 is 1.21 bits per heavy atom. The van der Waals surface area contributed by atoms with E-state index in [0.29, 0.717) is 6.42 Å². The molecule has 0 aliphatic rings. The second-order valence-electron chi connectivity index (χ2n) is 11.4. The van der Waals surface area contributed by atoms with Gasteiger partial charge in [0.1, 0.15) is 6.61 Å². The summed E-state index contributed by atoms with van der Waals surface area (Å²) in [6, 6.07) is 0. The molecule has 0 aromatic rings. The largest absolute Gasteiger partial charge is 0.462 e. The molecule has 42 heavy (non-hydrogen) atoms. The molecule has 244 valence electrons. The molecule has 0 rings (SSSR count). The summed E-state index contributed by atoms with van der Waals surface area (Å²) in [5, 5.41) is 19.5. The number of carbonyl (C=O) groups excluding carboxylic acids is 2. The van der Waals surface area contributed by atoms with Crippen molar-refractivity contribution in [3.05, 3.63) is 36.5 Å². The molecule has 0 aliphatic carbocycles. The number of aliphatic hydroxyl groups excluding tert-OH is 2. The number of aliphatic hydroxyl groups is 2. The van der Waals surface area contributed by atoms with Crippen molar-refractivity contribution < 1.29 is 29.3 Å². The number of hydrogen-bond donors (Lipinski definition) is 2. The molecule has 1 unspecified atom stereocenters. The lowest BCUT2D eigenvalue weighted by molar-refractivity contribution is -0.161. The van der Waals surface area contributed by atoms with Crippen molar-refractivity contribution in [2.45, 2.75) is 167 Å². The van der Waals surface area contributed by atoms with Crippen LogP contribution in [-0.4, -0.2) is 47.6 Å². The van der Waals surface area contributed by atoms with E-state index in [2.05, 4.69) is 32.1 Å². The Balaban J connectivity index is 3.69. The lowest BCUT2D eigenvalue weighted by Gasteiger charge is -2.15. The SMILES string of the molecule is CC/C=C/C/C=C/C=C/C(O)CCCCCCCC(=O)O[C@@H](CO)COC(=O)CCCCCCCCCCCCCC. The Hall–Kier alpha value is -1.92. The maximum absolute atomic E-state index is 12.1. The van der Waals surface area contributed by atoms with Crippen LogP contribution in [0.4, 0.5) is 0 Å². The summed E-state index contributed by atoms with van der Waals surface area (Å²) in [5.41, 5.74) is 0. The number of hydrogen-bond acceptors (Lipinski definition) is 6. The van der Waals surface area contributed by atoms with E-state index < -0.39 is 12.2 Å². The predicted molar refractivity (Wildman–Crippen MR) is 174 cm³/mol. The minimum atomic E-state index is -0.805. The van der Waals surface area contributed by atoms with Gasteiger partial charge in [0.2, 0.25) is 0 Å².